The number of amides is 1. The Morgan fingerprint density at radius 2 is 2.07 bits per heavy atom. The zero-order chi connectivity index (χ0) is 19.7. The molecule has 6 heteroatoms. The SMILES string of the molecule is CC[C@@H](C)C(=O)N1CCC2(CC1)Oc1ccccc1-c1nn(CCOC)cc12. The summed E-state index contributed by atoms with van der Waals surface area (Å²) in [6.45, 7) is 6.84. The summed E-state index contributed by atoms with van der Waals surface area (Å²) in [7, 11) is 1.70. The summed E-state index contributed by atoms with van der Waals surface area (Å²) in [5.74, 6) is 1.22. The Labute approximate surface area is 166 Å². The lowest BCUT2D eigenvalue weighted by Crippen LogP contribution is -2.50. The van der Waals surface area contributed by atoms with E-state index in [0.717, 1.165) is 41.8 Å². The fourth-order valence-electron chi connectivity index (χ4n) is 4.22. The van der Waals surface area contributed by atoms with Crippen molar-refractivity contribution in [3.05, 3.63) is 36.0 Å². The lowest BCUT2D eigenvalue weighted by molar-refractivity contribution is -0.139. The molecule has 2 aliphatic heterocycles. The molecule has 28 heavy (non-hydrogen) atoms. The lowest BCUT2D eigenvalue weighted by atomic mass is 9.81. The van der Waals surface area contributed by atoms with Crippen LogP contribution in [0.2, 0.25) is 0 Å². The minimum Gasteiger partial charge on any atom is -0.482 e. The van der Waals surface area contributed by atoms with Crippen molar-refractivity contribution in [2.75, 3.05) is 26.8 Å². The summed E-state index contributed by atoms with van der Waals surface area (Å²) < 4.78 is 13.8. The van der Waals surface area contributed by atoms with Crippen molar-refractivity contribution in [3.8, 4) is 17.0 Å². The molecule has 6 nitrogen and oxygen atoms in total. The van der Waals surface area contributed by atoms with Gasteiger partial charge in [-0.15, -0.1) is 0 Å². The molecule has 150 valence electrons. The Morgan fingerprint density at radius 3 is 2.79 bits per heavy atom. The fraction of sp³-hybridized carbons (Fsp3) is 0.545. The molecule has 3 heterocycles. The highest BCUT2D eigenvalue weighted by molar-refractivity contribution is 5.79. The van der Waals surface area contributed by atoms with E-state index in [4.69, 9.17) is 14.6 Å². The Kier molecular flexibility index (Phi) is 5.15. The molecule has 0 saturated carbocycles. The Balaban J connectivity index is 1.64. The molecular weight excluding hydrogens is 354 g/mol. The van der Waals surface area contributed by atoms with E-state index in [-0.39, 0.29) is 11.8 Å². The number of benzene rings is 1. The van der Waals surface area contributed by atoms with Crippen molar-refractivity contribution in [2.24, 2.45) is 5.92 Å². The smallest absolute Gasteiger partial charge is 0.225 e. The molecule has 0 bridgehead atoms. The molecule has 2 aromatic rings. The molecule has 1 aromatic heterocycles. The minimum absolute atomic E-state index is 0.0782. The van der Waals surface area contributed by atoms with Gasteiger partial charge in [0.05, 0.1) is 13.2 Å². The first-order valence-electron chi connectivity index (χ1n) is 10.2. The average Bonchev–Trinajstić information content (AvgIpc) is 3.17. The van der Waals surface area contributed by atoms with E-state index >= 15 is 0 Å². The molecule has 0 radical (unpaired) electrons. The molecule has 1 aromatic carbocycles. The minimum atomic E-state index is -0.415. The monoisotopic (exact) mass is 383 g/mol. The van der Waals surface area contributed by atoms with E-state index < -0.39 is 5.60 Å². The number of fused-ring (bicyclic) bond motifs is 4. The van der Waals surface area contributed by atoms with Crippen LogP contribution in [0.1, 0.15) is 38.7 Å². The summed E-state index contributed by atoms with van der Waals surface area (Å²) in [6, 6.07) is 8.10. The first-order chi connectivity index (χ1) is 13.6. The van der Waals surface area contributed by atoms with E-state index in [2.05, 4.69) is 19.2 Å². The van der Waals surface area contributed by atoms with Crippen molar-refractivity contribution in [3.63, 3.8) is 0 Å². The number of hydrogen-bond donors (Lipinski definition) is 0. The molecule has 1 saturated heterocycles. The molecule has 0 unspecified atom stereocenters. The largest absolute Gasteiger partial charge is 0.482 e. The number of methoxy groups -OCH3 is 1. The van der Waals surface area contributed by atoms with Crippen LogP contribution >= 0.6 is 0 Å². The first kappa shape index (κ1) is 19.0. The number of likely N-dealkylation sites (tertiary alicyclic amines) is 1. The van der Waals surface area contributed by atoms with E-state index in [1.807, 2.05) is 34.7 Å². The van der Waals surface area contributed by atoms with Gasteiger partial charge in [-0.05, 0) is 18.6 Å². The van der Waals surface area contributed by atoms with Crippen LogP contribution in [0.5, 0.6) is 5.75 Å². The Bertz CT molecular complexity index is 852. The average molecular weight is 383 g/mol. The molecule has 1 amide bonds. The van der Waals surface area contributed by atoms with Crippen molar-refractivity contribution in [2.45, 2.75) is 45.3 Å². The van der Waals surface area contributed by atoms with Gasteiger partial charge >= 0.3 is 0 Å². The molecule has 4 rings (SSSR count). The summed E-state index contributed by atoms with van der Waals surface area (Å²) in [4.78, 5) is 14.6. The van der Waals surface area contributed by atoms with Gasteiger partial charge in [-0.25, -0.2) is 0 Å². The summed E-state index contributed by atoms with van der Waals surface area (Å²) in [6.07, 6.45) is 4.55. The lowest BCUT2D eigenvalue weighted by Gasteiger charge is -2.44. The van der Waals surface area contributed by atoms with E-state index in [0.29, 0.717) is 26.2 Å². The van der Waals surface area contributed by atoms with E-state index in [9.17, 15) is 4.79 Å². The molecule has 1 atom stereocenters. The Morgan fingerprint density at radius 1 is 1.32 bits per heavy atom. The van der Waals surface area contributed by atoms with Crippen molar-refractivity contribution >= 4 is 5.91 Å². The fourth-order valence-corrected chi connectivity index (χ4v) is 4.22. The van der Waals surface area contributed by atoms with E-state index in [1.165, 1.54) is 0 Å². The standard InChI is InChI=1S/C22H29N3O3/c1-4-16(2)21(26)24-11-9-22(10-12-24)18-15-25(13-14-27-3)23-20(18)17-7-5-6-8-19(17)28-22/h5-8,15-16H,4,9-14H2,1-3H3/t16-/m1/s1. The first-order valence-corrected chi connectivity index (χ1v) is 10.2. The summed E-state index contributed by atoms with van der Waals surface area (Å²) in [5, 5.41) is 4.85. The zero-order valence-electron chi connectivity index (χ0n) is 17.0. The van der Waals surface area contributed by atoms with E-state index in [1.54, 1.807) is 7.11 Å². The number of nitrogens with zero attached hydrogens (tertiary/aromatic N) is 3. The van der Waals surface area contributed by atoms with Crippen molar-refractivity contribution in [1.29, 1.82) is 0 Å². The number of rotatable bonds is 5. The maximum absolute atomic E-state index is 12.6. The van der Waals surface area contributed by atoms with Crippen LogP contribution in [0.15, 0.2) is 30.5 Å². The second-order valence-corrected chi connectivity index (χ2v) is 7.87. The second-order valence-electron chi connectivity index (χ2n) is 7.87. The van der Waals surface area contributed by atoms with Crippen LogP contribution in [0.25, 0.3) is 11.3 Å². The van der Waals surface area contributed by atoms with Crippen LogP contribution in [0.3, 0.4) is 0 Å². The van der Waals surface area contributed by atoms with Crippen LogP contribution in [0.4, 0.5) is 0 Å². The molecule has 1 spiro atoms. The number of hydrogen-bond acceptors (Lipinski definition) is 4. The number of piperidine rings is 1. The van der Waals surface area contributed by atoms with Gasteiger partial charge in [0.2, 0.25) is 5.91 Å². The third-order valence-corrected chi connectivity index (χ3v) is 6.14. The number of aromatic nitrogens is 2. The van der Waals surface area contributed by atoms with Crippen molar-refractivity contribution in [1.82, 2.24) is 14.7 Å². The third kappa shape index (κ3) is 3.20. The van der Waals surface area contributed by atoms with Gasteiger partial charge in [-0.1, -0.05) is 26.0 Å². The van der Waals surface area contributed by atoms with Gasteiger partial charge in [0.15, 0.2) is 0 Å². The highest BCUT2D eigenvalue weighted by Crippen LogP contribution is 2.49. The quantitative estimate of drug-likeness (QED) is 0.794. The van der Waals surface area contributed by atoms with Gasteiger partial charge in [0, 0.05) is 56.3 Å². The maximum atomic E-state index is 12.6. The summed E-state index contributed by atoms with van der Waals surface area (Å²) >= 11 is 0. The van der Waals surface area contributed by atoms with Gasteiger partial charge in [-0.3, -0.25) is 9.48 Å². The van der Waals surface area contributed by atoms with Crippen LogP contribution in [0, 0.1) is 5.92 Å². The zero-order valence-corrected chi connectivity index (χ0v) is 17.0. The van der Waals surface area contributed by atoms with Crippen LogP contribution < -0.4 is 4.74 Å². The normalized spacial score (nSPS) is 18.3. The number of para-hydroxylation sites is 1. The highest BCUT2D eigenvalue weighted by atomic mass is 16.5. The van der Waals surface area contributed by atoms with Crippen LogP contribution in [-0.4, -0.2) is 47.4 Å². The summed E-state index contributed by atoms with van der Waals surface area (Å²) in [5.41, 5.74) is 2.76. The van der Waals surface area contributed by atoms with Gasteiger partial charge < -0.3 is 14.4 Å². The number of carbonyl (C=O) groups is 1. The van der Waals surface area contributed by atoms with Crippen molar-refractivity contribution < 1.29 is 14.3 Å². The van der Waals surface area contributed by atoms with Gasteiger partial charge in [-0.2, -0.15) is 5.10 Å². The molecule has 1 fully saturated rings. The highest BCUT2D eigenvalue weighted by Gasteiger charge is 2.46. The van der Waals surface area contributed by atoms with Gasteiger partial charge in [0.1, 0.15) is 17.0 Å². The predicted octanol–water partition coefficient (Wildman–Crippen LogP) is 3.45. The number of carbonyl (C=O) groups excluding carboxylic acids is 1. The number of ether oxygens (including phenoxy) is 2. The molecular formula is C22H29N3O3. The predicted molar refractivity (Wildman–Crippen MR) is 107 cm³/mol. The third-order valence-electron chi connectivity index (χ3n) is 6.14. The molecule has 0 N–H and O–H groups in total. The molecule has 0 aliphatic carbocycles. The van der Waals surface area contributed by atoms with Crippen LogP contribution in [-0.2, 0) is 21.7 Å². The maximum Gasteiger partial charge on any atom is 0.225 e. The topological polar surface area (TPSA) is 56.6 Å². The molecule has 2 aliphatic rings. The van der Waals surface area contributed by atoms with Gasteiger partial charge in [0.25, 0.3) is 0 Å². The Hall–Kier alpha value is -2.34. The second kappa shape index (κ2) is 7.59.